The van der Waals surface area contributed by atoms with E-state index in [-0.39, 0.29) is 23.9 Å². The number of aryl methyl sites for hydroxylation is 1. The van der Waals surface area contributed by atoms with Crippen molar-refractivity contribution in [2.45, 2.75) is 26.8 Å². The summed E-state index contributed by atoms with van der Waals surface area (Å²) in [7, 11) is 0. The number of pyridine rings is 1. The maximum absolute atomic E-state index is 12.9. The topological polar surface area (TPSA) is 112 Å². The summed E-state index contributed by atoms with van der Waals surface area (Å²) >= 11 is 0. The Hall–Kier alpha value is -3.82. The first-order valence-corrected chi connectivity index (χ1v) is 8.91. The molecule has 0 saturated carbocycles. The third kappa shape index (κ3) is 4.77. The van der Waals surface area contributed by atoms with Crippen molar-refractivity contribution < 1.29 is 23.1 Å². The number of alkyl halides is 2. The number of hydrogen-bond acceptors (Lipinski definition) is 5. The Morgan fingerprint density at radius 2 is 2.00 bits per heavy atom. The van der Waals surface area contributed by atoms with E-state index in [9.17, 15) is 18.4 Å². The van der Waals surface area contributed by atoms with Crippen LogP contribution in [0.1, 0.15) is 33.9 Å². The Bertz CT molecular complexity index is 1080. The minimum Gasteiger partial charge on any atom is -0.439 e. The number of nitrogens with one attached hydrogen (secondary N) is 1. The third-order valence-electron chi connectivity index (χ3n) is 4.36. The number of hydrogen-bond donors (Lipinski definition) is 2. The number of aromatic nitrogens is 3. The number of primary amides is 1. The lowest BCUT2D eigenvalue weighted by Crippen LogP contribution is -2.15. The van der Waals surface area contributed by atoms with Gasteiger partial charge in [0, 0.05) is 22.9 Å². The van der Waals surface area contributed by atoms with E-state index in [4.69, 9.17) is 10.5 Å². The maximum Gasteiger partial charge on any atom is 0.333 e. The summed E-state index contributed by atoms with van der Waals surface area (Å²) in [4.78, 5) is 27.6. The molecule has 156 valence electrons. The fourth-order valence-electron chi connectivity index (χ4n) is 2.86. The van der Waals surface area contributed by atoms with Gasteiger partial charge < -0.3 is 15.8 Å². The van der Waals surface area contributed by atoms with Gasteiger partial charge in [-0.3, -0.25) is 9.59 Å². The largest absolute Gasteiger partial charge is 0.439 e. The molecule has 0 spiro atoms. The second-order valence-corrected chi connectivity index (χ2v) is 6.48. The van der Waals surface area contributed by atoms with Crippen LogP contribution in [-0.4, -0.2) is 26.6 Å². The van der Waals surface area contributed by atoms with Gasteiger partial charge in [0.1, 0.15) is 5.75 Å². The summed E-state index contributed by atoms with van der Waals surface area (Å²) in [6.45, 7) is 0.311. The summed E-state index contributed by atoms with van der Waals surface area (Å²) in [5, 5.41) is 6.42. The highest BCUT2D eigenvalue weighted by molar-refractivity contribution is 5.93. The number of rotatable bonds is 7. The van der Waals surface area contributed by atoms with E-state index in [1.807, 2.05) is 0 Å². The van der Waals surface area contributed by atoms with Gasteiger partial charge in [0.2, 0.25) is 17.7 Å². The average Bonchev–Trinajstić information content (AvgIpc) is 2.98. The fraction of sp³-hybridized carbons (Fsp3) is 0.200. The summed E-state index contributed by atoms with van der Waals surface area (Å²) in [5.41, 5.74) is 7.03. The third-order valence-corrected chi connectivity index (χ3v) is 4.36. The number of anilines is 1. The lowest BCUT2D eigenvalue weighted by atomic mass is 10.1. The molecule has 3 rings (SSSR count). The van der Waals surface area contributed by atoms with Gasteiger partial charge in [-0.15, -0.1) is 0 Å². The molecule has 0 fully saturated rings. The molecule has 0 aliphatic heterocycles. The Morgan fingerprint density at radius 1 is 1.23 bits per heavy atom. The van der Waals surface area contributed by atoms with Crippen molar-refractivity contribution in [2.75, 3.05) is 5.32 Å². The molecule has 3 aromatic rings. The van der Waals surface area contributed by atoms with Crippen LogP contribution in [0, 0.1) is 13.8 Å². The molecule has 0 unspecified atom stereocenters. The molecule has 2 heterocycles. The highest BCUT2D eigenvalue weighted by atomic mass is 19.3. The molecule has 10 heteroatoms. The van der Waals surface area contributed by atoms with E-state index in [1.54, 1.807) is 31.2 Å². The highest BCUT2D eigenvalue weighted by Gasteiger charge is 2.19. The first-order chi connectivity index (χ1) is 14.2. The van der Waals surface area contributed by atoms with Crippen molar-refractivity contribution >= 4 is 17.5 Å². The Kier molecular flexibility index (Phi) is 6.05. The average molecular weight is 415 g/mol. The molecule has 3 N–H and O–H groups in total. The van der Waals surface area contributed by atoms with Gasteiger partial charge in [-0.2, -0.15) is 13.9 Å². The number of carbonyl (C=O) groups excluding carboxylic acids is 2. The van der Waals surface area contributed by atoms with Crippen LogP contribution in [0.2, 0.25) is 0 Å². The Labute approximate surface area is 170 Å². The molecular formula is C20H19F2N5O3. The number of nitrogens with two attached hydrogens (primary N) is 1. The van der Waals surface area contributed by atoms with Crippen molar-refractivity contribution in [3.63, 3.8) is 0 Å². The van der Waals surface area contributed by atoms with Gasteiger partial charge in [0.05, 0.1) is 24.0 Å². The zero-order valence-electron chi connectivity index (χ0n) is 16.2. The summed E-state index contributed by atoms with van der Waals surface area (Å²) in [6.07, 6.45) is 1.30. The van der Waals surface area contributed by atoms with Crippen LogP contribution in [0.4, 0.5) is 14.5 Å². The predicted molar refractivity (Wildman–Crippen MR) is 105 cm³/mol. The van der Waals surface area contributed by atoms with Crippen LogP contribution in [0.3, 0.4) is 0 Å². The zero-order chi connectivity index (χ0) is 21.8. The molecular weight excluding hydrogens is 396 g/mol. The Balaban J connectivity index is 1.64. The van der Waals surface area contributed by atoms with Crippen LogP contribution in [0.15, 0.2) is 42.6 Å². The molecule has 2 aromatic heterocycles. The lowest BCUT2D eigenvalue weighted by Gasteiger charge is -2.08. The molecule has 0 aliphatic carbocycles. The van der Waals surface area contributed by atoms with Gasteiger partial charge in [-0.25, -0.2) is 9.67 Å². The molecule has 30 heavy (non-hydrogen) atoms. The molecule has 0 aliphatic rings. The summed E-state index contributed by atoms with van der Waals surface area (Å²) in [6, 6.07) is 9.45. The minimum atomic E-state index is -2.76. The number of nitrogens with zero attached hydrogens (tertiary/aromatic N) is 3. The molecule has 0 atom stereocenters. The van der Waals surface area contributed by atoms with Gasteiger partial charge in [0.25, 0.3) is 0 Å². The standard InChI is InChI=1S/C20H19F2N5O3/c1-11-16(12(2)27(26-11)20(21)22)9-17(28)25-14-6-7-18(24-10-14)30-15-5-3-4-13(8-15)19(23)29/h3-8,10,20H,9H2,1-2H3,(H2,23,29)(H,25,28). The van der Waals surface area contributed by atoms with E-state index in [2.05, 4.69) is 15.4 Å². The normalized spacial score (nSPS) is 10.8. The van der Waals surface area contributed by atoms with Crippen LogP contribution < -0.4 is 15.8 Å². The van der Waals surface area contributed by atoms with Crippen molar-refractivity contribution in [1.82, 2.24) is 14.8 Å². The monoisotopic (exact) mass is 415 g/mol. The van der Waals surface area contributed by atoms with Gasteiger partial charge in [-0.1, -0.05) is 6.07 Å². The van der Waals surface area contributed by atoms with E-state index < -0.39 is 12.5 Å². The maximum atomic E-state index is 12.9. The predicted octanol–water partition coefficient (Wildman–Crippen LogP) is 3.36. The lowest BCUT2D eigenvalue weighted by molar-refractivity contribution is -0.115. The van der Waals surface area contributed by atoms with Gasteiger partial charge in [-0.05, 0) is 38.1 Å². The van der Waals surface area contributed by atoms with Crippen molar-refractivity contribution in [2.24, 2.45) is 5.73 Å². The van der Waals surface area contributed by atoms with Crippen LogP contribution in [0.5, 0.6) is 11.6 Å². The smallest absolute Gasteiger partial charge is 0.333 e. The van der Waals surface area contributed by atoms with Crippen LogP contribution in [0.25, 0.3) is 0 Å². The van der Waals surface area contributed by atoms with E-state index in [0.29, 0.717) is 32.9 Å². The first-order valence-electron chi connectivity index (χ1n) is 8.91. The molecule has 1 aromatic carbocycles. The second kappa shape index (κ2) is 8.68. The van der Waals surface area contributed by atoms with Crippen LogP contribution >= 0.6 is 0 Å². The number of ether oxygens (including phenoxy) is 1. The highest BCUT2D eigenvalue weighted by Crippen LogP contribution is 2.22. The number of halogens is 2. The molecule has 0 radical (unpaired) electrons. The first kappa shape index (κ1) is 20.9. The summed E-state index contributed by atoms with van der Waals surface area (Å²) in [5.74, 6) is -0.326. The SMILES string of the molecule is Cc1nn(C(F)F)c(C)c1CC(=O)Nc1ccc(Oc2cccc(C(N)=O)c2)nc1. The molecule has 2 amide bonds. The van der Waals surface area contributed by atoms with Crippen molar-refractivity contribution in [1.29, 1.82) is 0 Å². The van der Waals surface area contributed by atoms with E-state index in [1.165, 1.54) is 25.3 Å². The van der Waals surface area contributed by atoms with Crippen molar-refractivity contribution in [3.8, 4) is 11.6 Å². The quantitative estimate of drug-likeness (QED) is 0.615. The van der Waals surface area contributed by atoms with E-state index >= 15 is 0 Å². The van der Waals surface area contributed by atoms with Crippen molar-refractivity contribution in [3.05, 3.63) is 65.1 Å². The van der Waals surface area contributed by atoms with Crippen LogP contribution in [-0.2, 0) is 11.2 Å². The number of carbonyl (C=O) groups is 2. The van der Waals surface area contributed by atoms with Gasteiger partial charge >= 0.3 is 6.55 Å². The molecule has 0 bridgehead atoms. The number of benzene rings is 1. The molecule has 8 nitrogen and oxygen atoms in total. The second-order valence-electron chi connectivity index (χ2n) is 6.48. The minimum absolute atomic E-state index is 0.0947. The van der Waals surface area contributed by atoms with Gasteiger partial charge in [0.15, 0.2) is 0 Å². The Morgan fingerprint density at radius 3 is 2.60 bits per heavy atom. The van der Waals surface area contributed by atoms with E-state index in [0.717, 1.165) is 0 Å². The molecule has 0 saturated heterocycles. The number of amides is 2. The summed E-state index contributed by atoms with van der Waals surface area (Å²) < 4.78 is 32.0. The fourth-order valence-corrected chi connectivity index (χ4v) is 2.86. The zero-order valence-corrected chi connectivity index (χ0v) is 16.2.